The summed E-state index contributed by atoms with van der Waals surface area (Å²) in [5.74, 6) is -0.254. The van der Waals surface area contributed by atoms with Gasteiger partial charge >= 0.3 is 0 Å². The predicted octanol–water partition coefficient (Wildman–Crippen LogP) is 4.69. The Kier molecular flexibility index (Phi) is 5.37. The summed E-state index contributed by atoms with van der Waals surface area (Å²) in [6.45, 7) is 4.16. The van der Waals surface area contributed by atoms with Crippen molar-refractivity contribution in [2.24, 2.45) is 0 Å². The van der Waals surface area contributed by atoms with Crippen LogP contribution in [0.3, 0.4) is 0 Å². The third-order valence-corrected chi connectivity index (χ3v) is 4.23. The van der Waals surface area contributed by atoms with Gasteiger partial charge in [-0.1, -0.05) is 33.6 Å². The minimum Gasteiger partial charge on any atom is -0.471 e. The van der Waals surface area contributed by atoms with E-state index in [4.69, 9.17) is 4.74 Å². The largest absolute Gasteiger partial charge is 0.471 e. The average Bonchev–Trinajstić information content (AvgIpc) is 3.06. The van der Waals surface area contributed by atoms with Gasteiger partial charge in [-0.25, -0.2) is 9.07 Å². The predicted molar refractivity (Wildman–Crippen MR) is 101 cm³/mol. The zero-order valence-corrected chi connectivity index (χ0v) is 15.9. The van der Waals surface area contributed by atoms with Gasteiger partial charge in [0, 0.05) is 10.7 Å². The lowest BCUT2D eigenvalue weighted by molar-refractivity contribution is 0.101. The van der Waals surface area contributed by atoms with Gasteiger partial charge in [-0.05, 0) is 49.7 Å². The van der Waals surface area contributed by atoms with E-state index < -0.39 is 11.7 Å². The maximum absolute atomic E-state index is 13.8. The number of amides is 1. The molecule has 0 unspecified atom stereocenters. The molecule has 0 fully saturated rings. The molecule has 3 rings (SSSR count). The van der Waals surface area contributed by atoms with Crippen molar-refractivity contribution in [1.82, 2.24) is 9.78 Å². The van der Waals surface area contributed by atoms with Gasteiger partial charge < -0.3 is 10.1 Å². The minimum absolute atomic E-state index is 0.0966. The zero-order valence-electron chi connectivity index (χ0n) is 14.3. The van der Waals surface area contributed by atoms with Crippen LogP contribution in [-0.4, -0.2) is 15.7 Å². The molecule has 0 bridgehead atoms. The molecule has 5 nitrogen and oxygen atoms in total. The fraction of sp³-hybridized carbons (Fsp3) is 0.158. The summed E-state index contributed by atoms with van der Waals surface area (Å²) in [7, 11) is 0. The summed E-state index contributed by atoms with van der Waals surface area (Å²) in [5, 5.41) is 6.67. The van der Waals surface area contributed by atoms with E-state index in [9.17, 15) is 9.18 Å². The van der Waals surface area contributed by atoms with E-state index in [-0.39, 0.29) is 18.1 Å². The molecule has 3 aromatic rings. The van der Waals surface area contributed by atoms with E-state index in [0.717, 1.165) is 16.9 Å². The summed E-state index contributed by atoms with van der Waals surface area (Å²) in [5.41, 5.74) is 2.46. The van der Waals surface area contributed by atoms with Gasteiger partial charge in [-0.2, -0.15) is 5.10 Å². The number of anilines is 1. The third kappa shape index (κ3) is 4.29. The van der Waals surface area contributed by atoms with Crippen molar-refractivity contribution < 1.29 is 13.9 Å². The van der Waals surface area contributed by atoms with E-state index in [2.05, 4.69) is 26.3 Å². The number of benzene rings is 2. The number of nitrogens with zero attached hydrogens (tertiary/aromatic N) is 2. The Morgan fingerprint density at radius 3 is 2.77 bits per heavy atom. The lowest BCUT2D eigenvalue weighted by Crippen LogP contribution is -2.15. The smallest absolute Gasteiger partial charge is 0.276 e. The highest BCUT2D eigenvalue weighted by molar-refractivity contribution is 9.10. The van der Waals surface area contributed by atoms with Crippen LogP contribution in [0.2, 0.25) is 0 Å². The monoisotopic (exact) mass is 417 g/mol. The van der Waals surface area contributed by atoms with Gasteiger partial charge in [0.2, 0.25) is 0 Å². The standard InChI is InChI=1S/C19H17BrFN3O2/c1-12-3-6-18(13(2)9-12)26-11-24-8-7-17(23-24)19(25)22-16-5-4-14(20)10-15(16)21/h3-10H,11H2,1-2H3,(H,22,25). The van der Waals surface area contributed by atoms with Crippen LogP contribution in [0.15, 0.2) is 53.1 Å². The number of aryl methyl sites for hydroxylation is 2. The van der Waals surface area contributed by atoms with Crippen LogP contribution in [-0.2, 0) is 6.73 Å². The van der Waals surface area contributed by atoms with E-state index >= 15 is 0 Å². The number of nitrogens with one attached hydrogen (secondary N) is 1. The van der Waals surface area contributed by atoms with E-state index in [1.165, 1.54) is 16.8 Å². The number of carbonyl (C=O) groups is 1. The Labute approximate surface area is 158 Å². The van der Waals surface area contributed by atoms with E-state index in [0.29, 0.717) is 4.47 Å². The quantitative estimate of drug-likeness (QED) is 0.654. The van der Waals surface area contributed by atoms with Crippen LogP contribution >= 0.6 is 15.9 Å². The molecule has 0 saturated carbocycles. The SMILES string of the molecule is Cc1ccc(OCn2ccc(C(=O)Nc3ccc(Br)cc3F)n2)c(C)c1. The van der Waals surface area contributed by atoms with Crippen molar-refractivity contribution in [3.63, 3.8) is 0 Å². The Morgan fingerprint density at radius 1 is 1.23 bits per heavy atom. The second kappa shape index (κ2) is 7.70. The molecule has 7 heteroatoms. The summed E-state index contributed by atoms with van der Waals surface area (Å²) in [6, 6.07) is 11.9. The summed E-state index contributed by atoms with van der Waals surface area (Å²) < 4.78 is 21.6. The number of hydrogen-bond donors (Lipinski definition) is 1. The van der Waals surface area contributed by atoms with Crippen LogP contribution in [0, 0.1) is 19.7 Å². The molecule has 0 atom stereocenters. The number of ether oxygens (including phenoxy) is 1. The number of aromatic nitrogens is 2. The molecule has 1 aromatic heterocycles. The molecular weight excluding hydrogens is 401 g/mol. The lowest BCUT2D eigenvalue weighted by Gasteiger charge is -2.09. The molecule has 1 heterocycles. The van der Waals surface area contributed by atoms with Crippen LogP contribution in [0.4, 0.5) is 10.1 Å². The van der Waals surface area contributed by atoms with E-state index in [1.807, 2.05) is 32.0 Å². The number of carbonyl (C=O) groups excluding carboxylic acids is 1. The van der Waals surface area contributed by atoms with Gasteiger partial charge in [0.25, 0.3) is 5.91 Å². The van der Waals surface area contributed by atoms with Gasteiger partial charge in [0.05, 0.1) is 5.69 Å². The van der Waals surface area contributed by atoms with Crippen LogP contribution in [0.1, 0.15) is 21.6 Å². The fourth-order valence-electron chi connectivity index (χ4n) is 2.43. The van der Waals surface area contributed by atoms with Crippen molar-refractivity contribution in [1.29, 1.82) is 0 Å². The van der Waals surface area contributed by atoms with Crippen molar-refractivity contribution >= 4 is 27.5 Å². The molecule has 0 aliphatic heterocycles. The summed E-state index contributed by atoms with van der Waals surface area (Å²) >= 11 is 3.17. The Bertz CT molecular complexity index is 956. The molecule has 26 heavy (non-hydrogen) atoms. The molecule has 0 saturated heterocycles. The molecule has 2 aromatic carbocycles. The first-order valence-corrected chi connectivity index (χ1v) is 8.71. The number of hydrogen-bond acceptors (Lipinski definition) is 3. The molecule has 134 valence electrons. The lowest BCUT2D eigenvalue weighted by atomic mass is 10.1. The fourth-order valence-corrected chi connectivity index (χ4v) is 2.76. The molecular formula is C19H17BrFN3O2. The maximum Gasteiger partial charge on any atom is 0.276 e. The normalized spacial score (nSPS) is 10.6. The summed E-state index contributed by atoms with van der Waals surface area (Å²) in [6.07, 6.45) is 1.64. The molecule has 0 aliphatic rings. The minimum atomic E-state index is -0.523. The molecule has 1 amide bonds. The van der Waals surface area contributed by atoms with Crippen molar-refractivity contribution in [3.05, 3.63) is 75.8 Å². The molecule has 0 aliphatic carbocycles. The summed E-state index contributed by atoms with van der Waals surface area (Å²) in [4.78, 5) is 12.2. The third-order valence-electron chi connectivity index (χ3n) is 3.74. The zero-order chi connectivity index (χ0) is 18.7. The first-order chi connectivity index (χ1) is 12.4. The highest BCUT2D eigenvalue weighted by atomic mass is 79.9. The van der Waals surface area contributed by atoms with Gasteiger partial charge in [0.1, 0.15) is 11.6 Å². The maximum atomic E-state index is 13.8. The molecule has 0 radical (unpaired) electrons. The van der Waals surface area contributed by atoms with Gasteiger partial charge in [-0.15, -0.1) is 0 Å². The first kappa shape index (κ1) is 18.1. The van der Waals surface area contributed by atoms with Crippen LogP contribution in [0.25, 0.3) is 0 Å². The van der Waals surface area contributed by atoms with Crippen molar-refractivity contribution in [2.45, 2.75) is 20.6 Å². The Hall–Kier alpha value is -2.67. The molecule has 1 N–H and O–H groups in total. The van der Waals surface area contributed by atoms with Crippen molar-refractivity contribution in [3.8, 4) is 5.75 Å². The highest BCUT2D eigenvalue weighted by Crippen LogP contribution is 2.20. The van der Waals surface area contributed by atoms with Crippen molar-refractivity contribution in [2.75, 3.05) is 5.32 Å². The Balaban J connectivity index is 1.64. The second-order valence-corrected chi connectivity index (χ2v) is 6.78. The van der Waals surface area contributed by atoms with Gasteiger partial charge in [0.15, 0.2) is 12.4 Å². The second-order valence-electron chi connectivity index (χ2n) is 5.86. The topological polar surface area (TPSA) is 56.1 Å². The number of halogens is 2. The number of rotatable bonds is 5. The van der Waals surface area contributed by atoms with Gasteiger partial charge in [-0.3, -0.25) is 4.79 Å². The first-order valence-electron chi connectivity index (χ1n) is 7.92. The van der Waals surface area contributed by atoms with E-state index in [1.54, 1.807) is 18.3 Å². The Morgan fingerprint density at radius 2 is 2.04 bits per heavy atom. The average molecular weight is 418 g/mol. The molecule has 0 spiro atoms. The van der Waals surface area contributed by atoms with Crippen LogP contribution < -0.4 is 10.1 Å². The highest BCUT2D eigenvalue weighted by Gasteiger charge is 2.13. The van der Waals surface area contributed by atoms with Crippen LogP contribution in [0.5, 0.6) is 5.75 Å².